The third-order valence-corrected chi connectivity index (χ3v) is 8.28. The van der Waals surface area contributed by atoms with E-state index in [1.54, 1.807) is 16.7 Å². The Morgan fingerprint density at radius 3 is 2.16 bits per heavy atom. The fourth-order valence-electron chi connectivity index (χ4n) is 7.27. The molecule has 1 aromatic rings. The molecule has 0 spiro atoms. The molecule has 4 saturated carbocycles. The van der Waals surface area contributed by atoms with Gasteiger partial charge in [0.1, 0.15) is 0 Å². The Morgan fingerprint density at radius 1 is 0.935 bits per heavy atom. The first kappa shape index (κ1) is 20.5. The molecule has 1 saturated heterocycles. The summed E-state index contributed by atoms with van der Waals surface area (Å²) >= 11 is 0. The van der Waals surface area contributed by atoms with Gasteiger partial charge in [-0.25, -0.2) is 0 Å². The summed E-state index contributed by atoms with van der Waals surface area (Å²) in [5, 5.41) is 0. The number of carbonyl (C=O) groups excluding carboxylic acids is 3. The lowest BCUT2D eigenvalue weighted by molar-refractivity contribution is -0.177. The number of amides is 2. The number of nitrogens with zero attached hydrogens (tertiary/aromatic N) is 2. The van der Waals surface area contributed by atoms with Gasteiger partial charge >= 0.3 is 5.97 Å². The van der Waals surface area contributed by atoms with Gasteiger partial charge in [0.05, 0.1) is 5.41 Å². The summed E-state index contributed by atoms with van der Waals surface area (Å²) in [4.78, 5) is 40.9. The summed E-state index contributed by atoms with van der Waals surface area (Å²) in [6, 6.07) is 10.7. The molecule has 6 heteroatoms. The summed E-state index contributed by atoms with van der Waals surface area (Å²) in [5.41, 5.74) is 1.01. The maximum absolute atomic E-state index is 13.4. The number of hydrogen-bond donors (Lipinski definition) is 0. The van der Waals surface area contributed by atoms with E-state index in [4.69, 9.17) is 4.74 Å². The van der Waals surface area contributed by atoms with Crippen LogP contribution in [0.25, 0.3) is 0 Å². The second-order valence-corrected chi connectivity index (χ2v) is 10.4. The minimum Gasteiger partial charge on any atom is -0.455 e. The van der Waals surface area contributed by atoms with Gasteiger partial charge in [0.25, 0.3) is 5.91 Å². The van der Waals surface area contributed by atoms with Gasteiger partial charge in [0.2, 0.25) is 5.91 Å². The van der Waals surface area contributed by atoms with E-state index in [1.807, 2.05) is 0 Å². The average Bonchev–Trinajstić information content (AvgIpc) is 2.77. The minimum atomic E-state index is -0.437. The number of ether oxygens (including phenoxy) is 1. The van der Waals surface area contributed by atoms with Crippen LogP contribution >= 0.6 is 0 Å². The normalized spacial score (nSPS) is 34.0. The Kier molecular flexibility index (Phi) is 5.06. The third kappa shape index (κ3) is 3.64. The molecule has 4 atom stereocenters. The minimum absolute atomic E-state index is 0.0349. The molecule has 4 bridgehead atoms. The van der Waals surface area contributed by atoms with E-state index in [1.165, 1.54) is 24.8 Å². The van der Waals surface area contributed by atoms with Crippen LogP contribution in [-0.4, -0.2) is 60.4 Å². The van der Waals surface area contributed by atoms with E-state index in [2.05, 4.69) is 30.3 Å². The van der Waals surface area contributed by atoms with Crippen molar-refractivity contribution < 1.29 is 19.1 Å². The number of rotatable bonds is 4. The highest BCUT2D eigenvalue weighted by molar-refractivity contribution is 5.83. The van der Waals surface area contributed by atoms with E-state index in [9.17, 15) is 14.4 Å². The van der Waals surface area contributed by atoms with Crippen molar-refractivity contribution in [1.82, 2.24) is 9.80 Å². The quantitative estimate of drug-likeness (QED) is 0.697. The van der Waals surface area contributed by atoms with Crippen LogP contribution in [0.5, 0.6) is 0 Å². The molecule has 166 valence electrons. The maximum Gasteiger partial charge on any atom is 0.312 e. The highest BCUT2D eigenvalue weighted by Gasteiger charge is 2.61. The smallest absolute Gasteiger partial charge is 0.312 e. The first-order chi connectivity index (χ1) is 14.9. The Bertz CT molecular complexity index is 861. The lowest BCUT2D eigenvalue weighted by Crippen LogP contribution is -2.57. The molecule has 0 radical (unpaired) electrons. The zero-order valence-corrected chi connectivity index (χ0v) is 18.3. The van der Waals surface area contributed by atoms with Crippen molar-refractivity contribution in [1.29, 1.82) is 0 Å². The molecule has 31 heavy (non-hydrogen) atoms. The molecular weight excluding hydrogens is 392 g/mol. The molecule has 6 nitrogen and oxygen atoms in total. The van der Waals surface area contributed by atoms with Crippen LogP contribution in [0.15, 0.2) is 30.3 Å². The first-order valence-corrected chi connectivity index (χ1v) is 11.7. The number of hydrogen-bond acceptors (Lipinski definition) is 4. The van der Waals surface area contributed by atoms with Crippen molar-refractivity contribution in [3.8, 4) is 0 Å². The summed E-state index contributed by atoms with van der Waals surface area (Å²) < 4.78 is 5.69. The molecule has 5 fully saturated rings. The third-order valence-electron chi connectivity index (χ3n) is 8.28. The summed E-state index contributed by atoms with van der Waals surface area (Å²) in [5.74, 6) is 0.859. The van der Waals surface area contributed by atoms with Crippen LogP contribution in [0.2, 0.25) is 0 Å². The molecule has 4 aliphatic carbocycles. The first-order valence-electron chi connectivity index (χ1n) is 11.7. The number of esters is 1. The van der Waals surface area contributed by atoms with Gasteiger partial charge in [-0.3, -0.25) is 14.4 Å². The molecule has 2 amide bonds. The van der Waals surface area contributed by atoms with Crippen molar-refractivity contribution in [3.05, 3.63) is 35.9 Å². The van der Waals surface area contributed by atoms with Crippen LogP contribution in [-0.2, 0) is 24.5 Å². The predicted octanol–water partition coefficient (Wildman–Crippen LogP) is 2.76. The van der Waals surface area contributed by atoms with Crippen LogP contribution in [0.3, 0.4) is 0 Å². The zero-order chi connectivity index (χ0) is 21.6. The van der Waals surface area contributed by atoms with Crippen molar-refractivity contribution in [2.75, 3.05) is 32.8 Å². The topological polar surface area (TPSA) is 66.9 Å². The Balaban J connectivity index is 1.25. The molecular formula is C25H32N2O4. The molecule has 6 rings (SSSR count). The summed E-state index contributed by atoms with van der Waals surface area (Å²) in [7, 11) is 0. The number of piperazine rings is 1. The van der Waals surface area contributed by atoms with Gasteiger partial charge in [-0.2, -0.15) is 0 Å². The summed E-state index contributed by atoms with van der Waals surface area (Å²) in [6.07, 6.45) is 6.22. The van der Waals surface area contributed by atoms with Gasteiger partial charge in [-0.1, -0.05) is 30.3 Å². The van der Waals surface area contributed by atoms with E-state index in [0.29, 0.717) is 38.0 Å². The highest BCUT2D eigenvalue weighted by atomic mass is 16.5. The average molecular weight is 425 g/mol. The SMILES string of the molecule is CC(=O)N1CCN(C(=O)COC(=O)C23C[C@H]4C[C@@H](C2)CC(c2ccccc2)(C4)C3)CC1. The number of carbonyl (C=O) groups is 3. The predicted molar refractivity (Wildman–Crippen MR) is 115 cm³/mol. The Hall–Kier alpha value is -2.37. The monoisotopic (exact) mass is 424 g/mol. The van der Waals surface area contributed by atoms with Gasteiger partial charge < -0.3 is 14.5 Å². The Morgan fingerprint density at radius 2 is 1.55 bits per heavy atom. The van der Waals surface area contributed by atoms with Crippen LogP contribution in [0.4, 0.5) is 0 Å². The van der Waals surface area contributed by atoms with Crippen molar-refractivity contribution >= 4 is 17.8 Å². The van der Waals surface area contributed by atoms with E-state index in [0.717, 1.165) is 19.3 Å². The van der Waals surface area contributed by atoms with Crippen LogP contribution < -0.4 is 0 Å². The van der Waals surface area contributed by atoms with Crippen molar-refractivity contribution in [3.63, 3.8) is 0 Å². The highest BCUT2D eigenvalue weighted by Crippen LogP contribution is 2.66. The lowest BCUT2D eigenvalue weighted by Gasteiger charge is -2.61. The van der Waals surface area contributed by atoms with E-state index >= 15 is 0 Å². The number of benzene rings is 1. The zero-order valence-electron chi connectivity index (χ0n) is 18.3. The molecule has 1 heterocycles. The molecule has 0 N–H and O–H groups in total. The lowest BCUT2D eigenvalue weighted by atomic mass is 9.43. The molecule has 0 aromatic heterocycles. The molecule has 1 aliphatic heterocycles. The fraction of sp³-hybridized carbons (Fsp3) is 0.640. The van der Waals surface area contributed by atoms with Gasteiger partial charge in [-0.15, -0.1) is 0 Å². The van der Waals surface area contributed by atoms with E-state index < -0.39 is 5.41 Å². The molecule has 1 aromatic carbocycles. The standard InChI is InChI=1S/C25H32N2O4/c1-18(28)26-7-9-27(10-8-26)22(29)16-31-23(30)25-14-19-11-20(15-25)13-24(12-19,17-25)21-5-3-2-4-6-21/h2-6,19-20H,7-17H2,1H3/t19-,20+,24?,25?. The Labute approximate surface area is 183 Å². The fourth-order valence-corrected chi connectivity index (χ4v) is 7.27. The van der Waals surface area contributed by atoms with Gasteiger partial charge in [-0.05, 0) is 61.3 Å². The van der Waals surface area contributed by atoms with Crippen LogP contribution in [0, 0.1) is 17.3 Å². The van der Waals surface area contributed by atoms with Crippen molar-refractivity contribution in [2.45, 2.75) is 50.9 Å². The van der Waals surface area contributed by atoms with Crippen LogP contribution in [0.1, 0.15) is 51.0 Å². The molecule has 5 aliphatic rings. The second-order valence-electron chi connectivity index (χ2n) is 10.4. The van der Waals surface area contributed by atoms with E-state index in [-0.39, 0.29) is 29.8 Å². The van der Waals surface area contributed by atoms with Crippen molar-refractivity contribution in [2.24, 2.45) is 17.3 Å². The maximum atomic E-state index is 13.4. The van der Waals surface area contributed by atoms with Gasteiger partial charge in [0, 0.05) is 33.1 Å². The molecule has 2 unspecified atom stereocenters. The van der Waals surface area contributed by atoms with Gasteiger partial charge in [0.15, 0.2) is 6.61 Å². The summed E-state index contributed by atoms with van der Waals surface area (Å²) in [6.45, 7) is 3.45. The second kappa shape index (κ2) is 7.64. The largest absolute Gasteiger partial charge is 0.455 e.